The third-order valence-electron chi connectivity index (χ3n) is 6.06. The minimum atomic E-state index is -0.592. The van der Waals surface area contributed by atoms with Gasteiger partial charge in [-0.2, -0.15) is 0 Å². The van der Waals surface area contributed by atoms with Gasteiger partial charge in [0.25, 0.3) is 5.91 Å². The smallest absolute Gasteiger partial charge is 0.340 e. The van der Waals surface area contributed by atoms with Gasteiger partial charge < -0.3 is 9.30 Å². The van der Waals surface area contributed by atoms with E-state index in [1.165, 1.54) is 24.1 Å². The molecule has 0 atom stereocenters. The van der Waals surface area contributed by atoms with Gasteiger partial charge in [-0.1, -0.05) is 17.7 Å². The third-order valence-corrected chi connectivity index (χ3v) is 6.47. The van der Waals surface area contributed by atoms with Crippen LogP contribution in [0.15, 0.2) is 65.4 Å². The Kier molecular flexibility index (Phi) is 6.19. The van der Waals surface area contributed by atoms with Crippen LogP contribution in [0.3, 0.4) is 0 Å². The molecule has 2 aromatic carbocycles. The van der Waals surface area contributed by atoms with E-state index in [4.69, 9.17) is 16.3 Å². The molecule has 34 heavy (non-hydrogen) atoms. The van der Waals surface area contributed by atoms with E-state index in [1.54, 1.807) is 37.3 Å². The Morgan fingerprint density at radius 1 is 1.00 bits per heavy atom. The van der Waals surface area contributed by atoms with Crippen LogP contribution in [0.25, 0.3) is 11.8 Å². The van der Waals surface area contributed by atoms with E-state index in [1.807, 2.05) is 37.5 Å². The van der Waals surface area contributed by atoms with Gasteiger partial charge in [0.15, 0.2) is 0 Å². The van der Waals surface area contributed by atoms with Crippen LogP contribution in [0.1, 0.15) is 29.4 Å². The molecule has 0 unspecified atom stereocenters. The molecule has 1 aliphatic rings. The first kappa shape index (κ1) is 23.5. The number of amides is 1. The van der Waals surface area contributed by atoms with E-state index in [-0.39, 0.29) is 22.9 Å². The van der Waals surface area contributed by atoms with Gasteiger partial charge in [-0.3, -0.25) is 9.69 Å². The fourth-order valence-electron chi connectivity index (χ4n) is 4.29. The summed E-state index contributed by atoms with van der Waals surface area (Å²) in [7, 11) is 1.29. The monoisotopic (exact) mass is 478 g/mol. The lowest BCUT2D eigenvalue weighted by Crippen LogP contribution is -2.24. The van der Waals surface area contributed by atoms with E-state index >= 15 is 0 Å². The minimum Gasteiger partial charge on any atom is -0.465 e. The summed E-state index contributed by atoms with van der Waals surface area (Å²) in [6, 6.07) is 13.4. The standard InChI is InChI=1S/C27H24ClFN2O3/c1-15-6-9-22(14-24(15)28)31-18(4)25(27(33)34-5)23(26(31)32)13-19-12-16(2)30(17(19)3)21-10-7-20(29)8-11-21/h6-14H,1-5H3/b23-13-. The first-order valence-electron chi connectivity index (χ1n) is 10.7. The van der Waals surface area contributed by atoms with E-state index in [2.05, 4.69) is 0 Å². The van der Waals surface area contributed by atoms with Crippen LogP contribution in [-0.2, 0) is 14.3 Å². The Balaban J connectivity index is 1.85. The predicted molar refractivity (Wildman–Crippen MR) is 132 cm³/mol. The van der Waals surface area contributed by atoms with Crippen molar-refractivity contribution in [3.05, 3.63) is 98.7 Å². The summed E-state index contributed by atoms with van der Waals surface area (Å²) < 4.78 is 20.4. The number of allylic oxidation sites excluding steroid dienone is 1. The van der Waals surface area contributed by atoms with Gasteiger partial charge in [0.05, 0.1) is 23.9 Å². The summed E-state index contributed by atoms with van der Waals surface area (Å²) >= 11 is 6.30. The Labute approximate surface area is 202 Å². The number of nitrogens with zero attached hydrogens (tertiary/aromatic N) is 2. The average molecular weight is 479 g/mol. The topological polar surface area (TPSA) is 51.5 Å². The Morgan fingerprint density at radius 2 is 1.65 bits per heavy atom. The quantitative estimate of drug-likeness (QED) is 0.337. The molecule has 0 bridgehead atoms. The number of hydrogen-bond acceptors (Lipinski definition) is 3. The molecule has 174 valence electrons. The lowest BCUT2D eigenvalue weighted by molar-refractivity contribution is -0.136. The number of anilines is 1. The van der Waals surface area contributed by atoms with Gasteiger partial charge in [0, 0.05) is 27.8 Å². The van der Waals surface area contributed by atoms with Crippen molar-refractivity contribution in [3.63, 3.8) is 0 Å². The van der Waals surface area contributed by atoms with E-state index < -0.39 is 5.97 Å². The van der Waals surface area contributed by atoms with Crippen LogP contribution in [0.4, 0.5) is 10.1 Å². The summed E-state index contributed by atoms with van der Waals surface area (Å²) in [4.78, 5) is 27.8. The minimum absolute atomic E-state index is 0.204. The predicted octanol–water partition coefficient (Wildman–Crippen LogP) is 6.07. The highest BCUT2D eigenvalue weighted by Gasteiger charge is 2.38. The summed E-state index contributed by atoms with van der Waals surface area (Å²) in [5.74, 6) is -1.25. The molecule has 0 aliphatic carbocycles. The van der Waals surface area contributed by atoms with Crippen LogP contribution in [0, 0.1) is 26.6 Å². The maximum Gasteiger partial charge on any atom is 0.340 e. The normalized spacial score (nSPS) is 15.0. The molecule has 1 aliphatic heterocycles. The molecule has 0 N–H and O–H groups in total. The molecule has 3 aromatic rings. The Morgan fingerprint density at radius 3 is 2.26 bits per heavy atom. The molecule has 4 rings (SSSR count). The first-order valence-corrected chi connectivity index (χ1v) is 11.1. The average Bonchev–Trinajstić information content (AvgIpc) is 3.22. The fraction of sp³-hybridized carbons (Fsp3) is 0.185. The van der Waals surface area contributed by atoms with E-state index in [9.17, 15) is 14.0 Å². The highest BCUT2D eigenvalue weighted by molar-refractivity contribution is 6.32. The second-order valence-electron chi connectivity index (χ2n) is 8.22. The maximum atomic E-state index is 13.6. The van der Waals surface area contributed by atoms with Gasteiger partial charge in [0.2, 0.25) is 0 Å². The molecule has 0 saturated carbocycles. The van der Waals surface area contributed by atoms with Crippen molar-refractivity contribution in [3.8, 4) is 5.69 Å². The molecule has 0 saturated heterocycles. The van der Waals surface area contributed by atoms with Crippen LogP contribution in [0.5, 0.6) is 0 Å². The highest BCUT2D eigenvalue weighted by atomic mass is 35.5. The second-order valence-corrected chi connectivity index (χ2v) is 8.63. The SMILES string of the molecule is COC(=O)C1=C(C)N(c2ccc(C)c(Cl)c2)C(=O)/C1=C\c1cc(C)n(-c2ccc(F)cc2)c1C. The number of halogens is 2. The van der Waals surface area contributed by atoms with Gasteiger partial charge in [-0.15, -0.1) is 0 Å². The number of carbonyl (C=O) groups excluding carboxylic acids is 2. The van der Waals surface area contributed by atoms with Crippen molar-refractivity contribution < 1.29 is 18.7 Å². The molecule has 0 fully saturated rings. The Hall–Kier alpha value is -3.64. The highest BCUT2D eigenvalue weighted by Crippen LogP contribution is 2.37. The lowest BCUT2D eigenvalue weighted by atomic mass is 10.0. The maximum absolute atomic E-state index is 13.6. The van der Waals surface area contributed by atoms with Crippen LogP contribution in [0.2, 0.25) is 5.02 Å². The third kappa shape index (κ3) is 3.94. The van der Waals surface area contributed by atoms with Crippen LogP contribution >= 0.6 is 11.6 Å². The number of esters is 1. The number of benzene rings is 2. The van der Waals surface area contributed by atoms with E-state index in [0.717, 1.165) is 28.2 Å². The molecule has 0 spiro atoms. The van der Waals surface area contributed by atoms with Crippen molar-refractivity contribution in [2.75, 3.05) is 12.0 Å². The number of hydrogen-bond donors (Lipinski definition) is 0. The second kappa shape index (κ2) is 8.95. The van der Waals surface area contributed by atoms with Crippen LogP contribution < -0.4 is 4.90 Å². The molecule has 1 aromatic heterocycles. The van der Waals surface area contributed by atoms with Gasteiger partial charge in [-0.25, -0.2) is 9.18 Å². The van der Waals surface area contributed by atoms with Crippen molar-refractivity contribution in [2.24, 2.45) is 0 Å². The zero-order chi connectivity index (χ0) is 24.7. The van der Waals surface area contributed by atoms with Crippen molar-refractivity contribution in [1.82, 2.24) is 4.57 Å². The zero-order valence-electron chi connectivity index (χ0n) is 19.6. The molecular formula is C27H24ClFN2O3. The number of aryl methyl sites for hydroxylation is 2. The number of methoxy groups -OCH3 is 1. The number of ether oxygens (including phenoxy) is 1. The van der Waals surface area contributed by atoms with Crippen molar-refractivity contribution in [2.45, 2.75) is 27.7 Å². The molecule has 1 amide bonds. The fourth-order valence-corrected chi connectivity index (χ4v) is 4.46. The molecule has 2 heterocycles. The largest absolute Gasteiger partial charge is 0.465 e. The number of rotatable bonds is 4. The summed E-state index contributed by atoms with van der Waals surface area (Å²) in [5, 5.41) is 0.526. The van der Waals surface area contributed by atoms with Crippen molar-refractivity contribution in [1.29, 1.82) is 0 Å². The lowest BCUT2D eigenvalue weighted by Gasteiger charge is -2.18. The number of carbonyl (C=O) groups is 2. The van der Waals surface area contributed by atoms with Crippen molar-refractivity contribution >= 4 is 35.2 Å². The number of aromatic nitrogens is 1. The summed E-state index contributed by atoms with van der Waals surface area (Å²) in [5.41, 5.74) is 5.69. The van der Waals surface area contributed by atoms with Crippen LogP contribution in [-0.4, -0.2) is 23.6 Å². The van der Waals surface area contributed by atoms with Gasteiger partial charge in [0.1, 0.15) is 5.82 Å². The summed E-state index contributed by atoms with van der Waals surface area (Å²) in [6.07, 6.45) is 1.70. The van der Waals surface area contributed by atoms with Gasteiger partial charge in [-0.05, 0) is 87.4 Å². The Bertz CT molecular complexity index is 1380. The summed E-state index contributed by atoms with van der Waals surface area (Å²) in [6.45, 7) is 7.43. The molecule has 5 nitrogen and oxygen atoms in total. The first-order chi connectivity index (χ1) is 16.1. The zero-order valence-corrected chi connectivity index (χ0v) is 20.3. The van der Waals surface area contributed by atoms with E-state index in [0.29, 0.717) is 16.4 Å². The molecule has 0 radical (unpaired) electrons. The van der Waals surface area contributed by atoms with Gasteiger partial charge >= 0.3 is 5.97 Å². The molecular weight excluding hydrogens is 455 g/mol. The molecule has 7 heteroatoms.